The number of hydrogen-bond acceptors (Lipinski definition) is 3. The first-order chi connectivity index (χ1) is 6.45. The number of rotatable bonds is 3. The molecule has 70 valence electrons. The first-order valence-electron chi connectivity index (χ1n) is 4.56. The molecule has 1 fully saturated rings. The van der Waals surface area contributed by atoms with Crippen molar-refractivity contribution in [2.45, 2.75) is 0 Å². The highest BCUT2D eigenvalue weighted by Gasteiger charge is 2.09. The van der Waals surface area contributed by atoms with Crippen molar-refractivity contribution >= 4 is 0 Å². The lowest BCUT2D eigenvalue weighted by atomic mass is 10.3. The lowest BCUT2D eigenvalue weighted by molar-refractivity contribution is 0.151. The lowest BCUT2D eigenvalue weighted by Crippen LogP contribution is -2.26. The number of hydrogen-bond donors (Lipinski definition) is 1. The van der Waals surface area contributed by atoms with Crippen LogP contribution in [0, 0.1) is 0 Å². The standard InChI is InChI=1S/C10H14N2O/c1-2-4-10(5-3-1)13-9-12-7-6-11-8-12/h1-5,11H,6-9H2. The Morgan fingerprint density at radius 3 is 2.85 bits per heavy atom. The van der Waals surface area contributed by atoms with Crippen LogP contribution in [0.3, 0.4) is 0 Å². The van der Waals surface area contributed by atoms with Crippen molar-refractivity contribution in [2.24, 2.45) is 0 Å². The Bertz CT molecular complexity index is 244. The van der Waals surface area contributed by atoms with E-state index in [2.05, 4.69) is 10.2 Å². The summed E-state index contributed by atoms with van der Waals surface area (Å²) >= 11 is 0. The third-order valence-electron chi connectivity index (χ3n) is 2.10. The SMILES string of the molecule is c1ccc(OCN2CCNC2)cc1. The summed E-state index contributed by atoms with van der Waals surface area (Å²) in [6, 6.07) is 9.91. The van der Waals surface area contributed by atoms with Crippen LogP contribution in [0.25, 0.3) is 0 Å². The second kappa shape index (κ2) is 4.25. The van der Waals surface area contributed by atoms with Crippen LogP contribution < -0.4 is 10.1 Å². The molecular formula is C10H14N2O. The molecule has 0 radical (unpaired) electrons. The molecule has 2 rings (SSSR count). The molecule has 1 aromatic rings. The van der Waals surface area contributed by atoms with Gasteiger partial charge in [-0.25, -0.2) is 0 Å². The van der Waals surface area contributed by atoms with Gasteiger partial charge in [0.15, 0.2) is 0 Å². The number of para-hydroxylation sites is 1. The highest BCUT2D eigenvalue weighted by molar-refractivity contribution is 5.20. The fourth-order valence-corrected chi connectivity index (χ4v) is 1.35. The van der Waals surface area contributed by atoms with Gasteiger partial charge in [-0.3, -0.25) is 4.90 Å². The van der Waals surface area contributed by atoms with E-state index in [4.69, 9.17) is 4.74 Å². The summed E-state index contributed by atoms with van der Waals surface area (Å²) in [5.74, 6) is 0.939. The second-order valence-electron chi connectivity index (χ2n) is 3.14. The van der Waals surface area contributed by atoms with Crippen LogP contribution in [0.5, 0.6) is 5.75 Å². The normalized spacial score (nSPS) is 17.5. The highest BCUT2D eigenvalue weighted by atomic mass is 16.5. The van der Waals surface area contributed by atoms with Gasteiger partial charge >= 0.3 is 0 Å². The predicted molar refractivity (Wildman–Crippen MR) is 51.5 cm³/mol. The van der Waals surface area contributed by atoms with Crippen molar-refractivity contribution in [2.75, 3.05) is 26.5 Å². The molecule has 0 aromatic heterocycles. The van der Waals surface area contributed by atoms with Crippen molar-refractivity contribution < 1.29 is 4.74 Å². The molecule has 3 nitrogen and oxygen atoms in total. The minimum absolute atomic E-state index is 0.678. The smallest absolute Gasteiger partial charge is 0.143 e. The van der Waals surface area contributed by atoms with Crippen molar-refractivity contribution in [3.8, 4) is 5.75 Å². The van der Waals surface area contributed by atoms with Crippen molar-refractivity contribution in [1.82, 2.24) is 10.2 Å². The number of ether oxygens (including phenoxy) is 1. The van der Waals surface area contributed by atoms with Gasteiger partial charge in [0.05, 0.1) is 6.67 Å². The Morgan fingerprint density at radius 2 is 2.15 bits per heavy atom. The van der Waals surface area contributed by atoms with Gasteiger partial charge in [-0.2, -0.15) is 0 Å². The third kappa shape index (κ3) is 2.44. The van der Waals surface area contributed by atoms with Crippen LogP contribution in [-0.2, 0) is 0 Å². The zero-order valence-electron chi connectivity index (χ0n) is 7.57. The van der Waals surface area contributed by atoms with E-state index in [1.807, 2.05) is 30.3 Å². The summed E-state index contributed by atoms with van der Waals surface area (Å²) in [5, 5.41) is 3.25. The number of nitrogens with one attached hydrogen (secondary N) is 1. The quantitative estimate of drug-likeness (QED) is 0.743. The maximum absolute atomic E-state index is 5.58. The van der Waals surface area contributed by atoms with Gasteiger partial charge in [-0.1, -0.05) is 18.2 Å². The summed E-state index contributed by atoms with van der Waals surface area (Å²) in [6.07, 6.45) is 0. The van der Waals surface area contributed by atoms with Gasteiger partial charge in [-0.05, 0) is 12.1 Å². The minimum atomic E-state index is 0.678. The van der Waals surface area contributed by atoms with Gasteiger partial charge in [-0.15, -0.1) is 0 Å². The molecule has 3 heteroatoms. The first kappa shape index (κ1) is 8.53. The molecule has 0 amide bonds. The van der Waals surface area contributed by atoms with Gasteiger partial charge < -0.3 is 10.1 Å². The van der Waals surface area contributed by atoms with E-state index < -0.39 is 0 Å². The average molecular weight is 178 g/mol. The zero-order valence-corrected chi connectivity index (χ0v) is 7.57. The van der Waals surface area contributed by atoms with Crippen molar-refractivity contribution in [3.63, 3.8) is 0 Å². The Kier molecular flexibility index (Phi) is 2.79. The largest absolute Gasteiger partial charge is 0.478 e. The first-order valence-corrected chi connectivity index (χ1v) is 4.56. The minimum Gasteiger partial charge on any atom is -0.478 e. The van der Waals surface area contributed by atoms with E-state index in [9.17, 15) is 0 Å². The molecule has 13 heavy (non-hydrogen) atoms. The molecule has 1 N–H and O–H groups in total. The fourth-order valence-electron chi connectivity index (χ4n) is 1.35. The molecule has 1 aliphatic heterocycles. The lowest BCUT2D eigenvalue weighted by Gasteiger charge is -2.14. The third-order valence-corrected chi connectivity index (χ3v) is 2.10. The zero-order chi connectivity index (χ0) is 8.93. The van der Waals surface area contributed by atoms with E-state index in [-0.39, 0.29) is 0 Å². The molecule has 1 heterocycles. The summed E-state index contributed by atoms with van der Waals surface area (Å²) in [6.45, 7) is 3.76. The van der Waals surface area contributed by atoms with E-state index in [0.29, 0.717) is 6.73 Å². The monoisotopic (exact) mass is 178 g/mol. The summed E-state index contributed by atoms with van der Waals surface area (Å²) in [7, 11) is 0. The van der Waals surface area contributed by atoms with Gasteiger partial charge in [0, 0.05) is 13.1 Å². The number of benzene rings is 1. The van der Waals surface area contributed by atoms with Gasteiger partial charge in [0.1, 0.15) is 12.5 Å². The van der Waals surface area contributed by atoms with Crippen molar-refractivity contribution in [3.05, 3.63) is 30.3 Å². The summed E-state index contributed by atoms with van der Waals surface area (Å²) < 4.78 is 5.58. The second-order valence-corrected chi connectivity index (χ2v) is 3.14. The van der Waals surface area contributed by atoms with Gasteiger partial charge in [0.2, 0.25) is 0 Å². The molecule has 0 atom stereocenters. The van der Waals surface area contributed by atoms with E-state index in [1.165, 1.54) is 0 Å². The maximum atomic E-state index is 5.58. The number of nitrogens with zero attached hydrogens (tertiary/aromatic N) is 1. The molecule has 0 saturated carbocycles. The van der Waals surface area contributed by atoms with Crippen molar-refractivity contribution in [1.29, 1.82) is 0 Å². The predicted octanol–water partition coefficient (Wildman–Crippen LogP) is 0.886. The molecule has 0 bridgehead atoms. The summed E-state index contributed by atoms with van der Waals surface area (Å²) in [4.78, 5) is 2.23. The molecule has 0 spiro atoms. The Balaban J connectivity index is 1.79. The van der Waals surface area contributed by atoms with Crippen LogP contribution in [-0.4, -0.2) is 31.4 Å². The molecular weight excluding hydrogens is 164 g/mol. The van der Waals surface area contributed by atoms with Crippen LogP contribution in [0.4, 0.5) is 0 Å². The van der Waals surface area contributed by atoms with Crippen LogP contribution >= 0.6 is 0 Å². The molecule has 0 unspecified atom stereocenters. The topological polar surface area (TPSA) is 24.5 Å². The molecule has 1 aromatic carbocycles. The Morgan fingerprint density at radius 1 is 1.31 bits per heavy atom. The Labute approximate surface area is 78.3 Å². The highest BCUT2D eigenvalue weighted by Crippen LogP contribution is 2.08. The fraction of sp³-hybridized carbons (Fsp3) is 0.400. The molecule has 1 aliphatic rings. The molecule has 1 saturated heterocycles. The van der Waals surface area contributed by atoms with Gasteiger partial charge in [0.25, 0.3) is 0 Å². The van der Waals surface area contributed by atoms with Crippen LogP contribution in [0.1, 0.15) is 0 Å². The van der Waals surface area contributed by atoms with Crippen LogP contribution in [0.15, 0.2) is 30.3 Å². The van der Waals surface area contributed by atoms with E-state index in [1.54, 1.807) is 0 Å². The Hall–Kier alpha value is -1.06. The van der Waals surface area contributed by atoms with Crippen LogP contribution in [0.2, 0.25) is 0 Å². The average Bonchev–Trinajstić information content (AvgIpc) is 2.69. The maximum Gasteiger partial charge on any atom is 0.143 e. The van der Waals surface area contributed by atoms with E-state index in [0.717, 1.165) is 25.5 Å². The molecule has 0 aliphatic carbocycles. The van der Waals surface area contributed by atoms with E-state index >= 15 is 0 Å². The summed E-state index contributed by atoms with van der Waals surface area (Å²) in [5.41, 5.74) is 0.